The molecule has 0 aromatic carbocycles. The molecular formula is C3H9NO3S2. The summed E-state index contributed by atoms with van der Waals surface area (Å²) in [6.07, 6.45) is 1.16. The molecule has 4 nitrogen and oxygen atoms in total. The maximum atomic E-state index is 10.4. The summed E-state index contributed by atoms with van der Waals surface area (Å²) in [7, 11) is -2.87. The van der Waals surface area contributed by atoms with Crippen LogP contribution in [-0.4, -0.2) is 27.0 Å². The maximum Gasteiger partial charge on any atom is 0.148 e. The first-order chi connectivity index (χ1) is 4.06. The number of hydrogen-bond acceptors (Lipinski definition) is 5. The highest BCUT2D eigenvalue weighted by molar-refractivity contribution is 7.90. The topological polar surface area (TPSA) is 55.4 Å². The number of rotatable bonds is 4. The Morgan fingerprint density at radius 3 is 2.56 bits per heavy atom. The van der Waals surface area contributed by atoms with Crippen LogP contribution in [0.25, 0.3) is 0 Å². The lowest BCUT2D eigenvalue weighted by atomic mass is 10.8. The molecule has 0 atom stereocenters. The van der Waals surface area contributed by atoms with Crippen molar-refractivity contribution in [3.63, 3.8) is 0 Å². The van der Waals surface area contributed by atoms with Crippen LogP contribution in [0.4, 0.5) is 0 Å². The Bertz CT molecular complexity index is 152. The van der Waals surface area contributed by atoms with Gasteiger partial charge in [0.2, 0.25) is 0 Å². The highest BCUT2D eigenvalue weighted by atomic mass is 32.2. The molecular weight excluding hydrogens is 162 g/mol. The van der Waals surface area contributed by atoms with Crippen molar-refractivity contribution in [3.8, 4) is 0 Å². The monoisotopic (exact) mass is 171 g/mol. The van der Waals surface area contributed by atoms with E-state index in [-0.39, 0.29) is 12.3 Å². The molecule has 0 saturated carbocycles. The Kier molecular flexibility index (Phi) is 4.20. The van der Waals surface area contributed by atoms with E-state index in [1.807, 2.05) is 0 Å². The predicted molar refractivity (Wildman–Crippen MR) is 37.8 cm³/mol. The fraction of sp³-hybridized carbons (Fsp3) is 1.00. The van der Waals surface area contributed by atoms with Crippen molar-refractivity contribution in [3.05, 3.63) is 0 Å². The molecule has 0 spiro atoms. The molecule has 0 unspecified atom stereocenters. The summed E-state index contributed by atoms with van der Waals surface area (Å²) in [6, 6.07) is 0. The van der Waals surface area contributed by atoms with Gasteiger partial charge < -0.3 is 0 Å². The molecule has 1 N–H and O–H groups in total. The fourth-order valence-corrected chi connectivity index (χ4v) is 0.818. The van der Waals surface area contributed by atoms with E-state index >= 15 is 0 Å². The van der Waals surface area contributed by atoms with Crippen molar-refractivity contribution in [2.45, 2.75) is 0 Å². The highest BCUT2D eigenvalue weighted by Gasteiger charge is 1.98. The van der Waals surface area contributed by atoms with Crippen LogP contribution in [0, 0.1) is 0 Å². The average Bonchev–Trinajstić information content (AvgIpc) is 1.63. The number of hydroxylamine groups is 1. The zero-order valence-corrected chi connectivity index (χ0v) is 6.71. The lowest BCUT2D eigenvalue weighted by Crippen LogP contribution is -2.19. The van der Waals surface area contributed by atoms with Crippen LogP contribution in [0.5, 0.6) is 0 Å². The molecule has 9 heavy (non-hydrogen) atoms. The van der Waals surface area contributed by atoms with Crippen LogP contribution >= 0.6 is 12.9 Å². The molecule has 0 aliphatic rings. The quantitative estimate of drug-likeness (QED) is 0.257. The van der Waals surface area contributed by atoms with E-state index < -0.39 is 9.84 Å². The van der Waals surface area contributed by atoms with Gasteiger partial charge in [-0.25, -0.2) is 12.7 Å². The van der Waals surface area contributed by atoms with Crippen LogP contribution in [0.3, 0.4) is 0 Å². The third kappa shape index (κ3) is 8.22. The van der Waals surface area contributed by atoms with Crippen LogP contribution in [0.2, 0.25) is 0 Å². The first kappa shape index (κ1) is 9.22. The maximum absolute atomic E-state index is 10.4. The van der Waals surface area contributed by atoms with Gasteiger partial charge in [-0.3, -0.25) is 0 Å². The number of sulfone groups is 1. The summed E-state index contributed by atoms with van der Waals surface area (Å²) in [4.78, 5) is 0. The van der Waals surface area contributed by atoms with Gasteiger partial charge in [0.25, 0.3) is 0 Å². The number of nitrogens with one attached hydrogen (secondary N) is 1. The predicted octanol–water partition coefficient (Wildman–Crippen LogP) is -0.603. The molecule has 56 valence electrons. The molecule has 0 fully saturated rings. The van der Waals surface area contributed by atoms with E-state index in [0.29, 0.717) is 0 Å². The molecule has 0 aromatic heterocycles. The normalized spacial score (nSPS) is 11.8. The second kappa shape index (κ2) is 4.10. The average molecular weight is 171 g/mol. The van der Waals surface area contributed by atoms with Gasteiger partial charge in [0.1, 0.15) is 9.84 Å². The molecule has 0 heterocycles. The van der Waals surface area contributed by atoms with Crippen LogP contribution in [-0.2, 0) is 14.1 Å². The first-order valence-corrected chi connectivity index (χ1v) is 4.70. The van der Waals surface area contributed by atoms with E-state index in [1.165, 1.54) is 0 Å². The molecule has 0 rings (SSSR count). The third-order valence-corrected chi connectivity index (χ3v) is 1.71. The summed E-state index contributed by atoms with van der Waals surface area (Å²) in [6.45, 7) is 0.266. The second-order valence-electron chi connectivity index (χ2n) is 1.62. The van der Waals surface area contributed by atoms with Crippen LogP contribution < -0.4 is 5.48 Å². The molecule has 0 aliphatic carbocycles. The molecule has 0 amide bonds. The van der Waals surface area contributed by atoms with Crippen molar-refractivity contribution in [2.24, 2.45) is 0 Å². The smallest absolute Gasteiger partial charge is 0.148 e. The van der Waals surface area contributed by atoms with Crippen molar-refractivity contribution in [2.75, 3.05) is 18.6 Å². The molecule has 0 aliphatic heterocycles. The minimum atomic E-state index is -2.87. The van der Waals surface area contributed by atoms with E-state index in [1.54, 1.807) is 0 Å². The SMILES string of the molecule is CS(=O)(=O)CCNOS. The largest absolute Gasteiger partial charge is 0.235 e. The van der Waals surface area contributed by atoms with Gasteiger partial charge in [-0.2, -0.15) is 5.48 Å². The first-order valence-electron chi connectivity index (χ1n) is 2.27. The molecule has 0 saturated heterocycles. The Hall–Kier alpha value is 0.220. The molecule has 6 heteroatoms. The Balaban J connectivity index is 3.30. The van der Waals surface area contributed by atoms with Crippen molar-refractivity contribution in [1.82, 2.24) is 5.48 Å². The Labute approximate surface area is 60.1 Å². The van der Waals surface area contributed by atoms with Crippen molar-refractivity contribution in [1.29, 1.82) is 0 Å². The lowest BCUT2D eigenvalue weighted by Gasteiger charge is -1.96. The van der Waals surface area contributed by atoms with Gasteiger partial charge in [-0.15, -0.1) is 0 Å². The highest BCUT2D eigenvalue weighted by Crippen LogP contribution is 1.79. The third-order valence-electron chi connectivity index (χ3n) is 0.639. The molecule has 0 aromatic rings. The standard InChI is InChI=1S/C3H9NO3S2/c1-9(5,6)3-2-4-7-8/h4,8H,2-3H2,1H3. The summed E-state index contributed by atoms with van der Waals surface area (Å²) < 4.78 is 24.9. The van der Waals surface area contributed by atoms with E-state index in [0.717, 1.165) is 6.26 Å². The Morgan fingerprint density at radius 2 is 2.22 bits per heavy atom. The molecule has 0 radical (unpaired) electrons. The molecule has 0 bridgehead atoms. The van der Waals surface area contributed by atoms with Crippen molar-refractivity contribution < 1.29 is 12.7 Å². The van der Waals surface area contributed by atoms with E-state index in [2.05, 4.69) is 22.7 Å². The summed E-state index contributed by atoms with van der Waals surface area (Å²) in [5.74, 6) is 0.0631. The van der Waals surface area contributed by atoms with Gasteiger partial charge in [-0.05, 0) is 12.9 Å². The van der Waals surface area contributed by atoms with Gasteiger partial charge in [0.15, 0.2) is 0 Å². The second-order valence-corrected chi connectivity index (χ2v) is 4.06. The van der Waals surface area contributed by atoms with Crippen molar-refractivity contribution >= 4 is 22.7 Å². The Morgan fingerprint density at radius 1 is 1.67 bits per heavy atom. The van der Waals surface area contributed by atoms with Crippen LogP contribution in [0.15, 0.2) is 0 Å². The van der Waals surface area contributed by atoms with Gasteiger partial charge in [0.05, 0.1) is 5.75 Å². The number of hydrogen-bond donors (Lipinski definition) is 2. The lowest BCUT2D eigenvalue weighted by molar-refractivity contribution is 0.253. The van der Waals surface area contributed by atoms with E-state index in [4.69, 9.17) is 0 Å². The van der Waals surface area contributed by atoms with Crippen LogP contribution in [0.1, 0.15) is 0 Å². The minimum absolute atomic E-state index is 0.0631. The van der Waals surface area contributed by atoms with E-state index in [9.17, 15) is 8.42 Å². The fourth-order valence-electron chi connectivity index (χ4n) is 0.273. The summed E-state index contributed by atoms with van der Waals surface area (Å²) in [5.41, 5.74) is 2.29. The number of thiol groups is 1. The minimum Gasteiger partial charge on any atom is -0.235 e. The summed E-state index contributed by atoms with van der Waals surface area (Å²) in [5, 5.41) is 0. The van der Waals surface area contributed by atoms with Gasteiger partial charge >= 0.3 is 0 Å². The van der Waals surface area contributed by atoms with Gasteiger partial charge in [0, 0.05) is 12.8 Å². The zero-order valence-electron chi connectivity index (χ0n) is 4.99. The van der Waals surface area contributed by atoms with Gasteiger partial charge in [-0.1, -0.05) is 0 Å². The summed E-state index contributed by atoms with van der Waals surface area (Å²) >= 11 is 3.34. The zero-order chi connectivity index (χ0) is 7.33.